The number of nitrogens with zero attached hydrogens (tertiary/aromatic N) is 4. The SMILES string of the molecule is Cc1nc2nc(Cl)nc(Cl)c2n1CCCCCCCCCCCCCCCC(=O)O. The summed E-state index contributed by atoms with van der Waals surface area (Å²) in [5.74, 6) is 0.218. The summed E-state index contributed by atoms with van der Waals surface area (Å²) in [5.41, 5.74) is 1.35. The zero-order chi connectivity index (χ0) is 21.8. The number of carboxylic acids is 1. The summed E-state index contributed by atoms with van der Waals surface area (Å²) in [6.07, 6.45) is 16.0. The Bertz CT molecular complexity index is 795. The summed E-state index contributed by atoms with van der Waals surface area (Å²) in [4.78, 5) is 23.1. The molecule has 6 nitrogen and oxygen atoms in total. The lowest BCUT2D eigenvalue weighted by atomic mass is 10.0. The molecule has 0 aliphatic heterocycles. The molecule has 0 fully saturated rings. The summed E-state index contributed by atoms with van der Waals surface area (Å²) in [6, 6.07) is 0. The number of carbonyl (C=O) groups is 1. The van der Waals surface area contributed by atoms with Crippen LogP contribution >= 0.6 is 23.2 Å². The van der Waals surface area contributed by atoms with E-state index in [1.165, 1.54) is 64.2 Å². The van der Waals surface area contributed by atoms with Crippen LogP contribution in [0.15, 0.2) is 0 Å². The van der Waals surface area contributed by atoms with Gasteiger partial charge in [-0.2, -0.15) is 4.98 Å². The van der Waals surface area contributed by atoms with Gasteiger partial charge in [-0.05, 0) is 31.4 Å². The molecule has 0 bridgehead atoms. The number of fused-ring (bicyclic) bond motifs is 1. The van der Waals surface area contributed by atoms with Crippen LogP contribution in [0.2, 0.25) is 10.4 Å². The van der Waals surface area contributed by atoms with Gasteiger partial charge in [-0.25, -0.2) is 9.97 Å². The maximum atomic E-state index is 10.4. The van der Waals surface area contributed by atoms with Gasteiger partial charge in [0.1, 0.15) is 11.3 Å². The lowest BCUT2D eigenvalue weighted by Gasteiger charge is -2.07. The van der Waals surface area contributed by atoms with E-state index in [-0.39, 0.29) is 5.28 Å². The first-order valence-electron chi connectivity index (χ1n) is 11.3. The molecule has 2 aromatic heterocycles. The number of imidazole rings is 1. The van der Waals surface area contributed by atoms with Crippen molar-refractivity contribution in [2.24, 2.45) is 0 Å². The third-order valence-electron chi connectivity index (χ3n) is 5.50. The normalized spacial score (nSPS) is 11.4. The van der Waals surface area contributed by atoms with Crippen LogP contribution in [-0.4, -0.2) is 30.6 Å². The van der Waals surface area contributed by atoms with Gasteiger partial charge in [0, 0.05) is 13.0 Å². The molecule has 0 saturated carbocycles. The van der Waals surface area contributed by atoms with E-state index in [2.05, 4.69) is 19.5 Å². The highest BCUT2D eigenvalue weighted by Gasteiger charge is 2.14. The lowest BCUT2D eigenvalue weighted by Crippen LogP contribution is -2.01. The quantitative estimate of drug-likeness (QED) is 0.167. The number of unbranched alkanes of at least 4 members (excludes halogenated alkanes) is 12. The van der Waals surface area contributed by atoms with Crippen molar-refractivity contribution < 1.29 is 9.90 Å². The highest BCUT2D eigenvalue weighted by molar-refractivity contribution is 6.35. The monoisotopic (exact) mass is 456 g/mol. The number of aromatic nitrogens is 4. The molecule has 30 heavy (non-hydrogen) atoms. The molecule has 0 aliphatic carbocycles. The lowest BCUT2D eigenvalue weighted by molar-refractivity contribution is -0.137. The highest BCUT2D eigenvalue weighted by atomic mass is 35.5. The molecule has 0 amide bonds. The van der Waals surface area contributed by atoms with Crippen molar-refractivity contribution in [3.63, 3.8) is 0 Å². The van der Waals surface area contributed by atoms with E-state index in [1.54, 1.807) is 0 Å². The highest BCUT2D eigenvalue weighted by Crippen LogP contribution is 2.24. The molecule has 0 spiro atoms. The summed E-state index contributed by atoms with van der Waals surface area (Å²) >= 11 is 12.1. The molecule has 2 heterocycles. The van der Waals surface area contributed by atoms with E-state index in [0.717, 1.165) is 37.1 Å². The van der Waals surface area contributed by atoms with E-state index in [1.807, 2.05) is 6.92 Å². The third kappa shape index (κ3) is 8.76. The Morgan fingerprint density at radius 1 is 0.800 bits per heavy atom. The van der Waals surface area contributed by atoms with Crippen molar-refractivity contribution in [3.8, 4) is 0 Å². The topological polar surface area (TPSA) is 80.9 Å². The second kappa shape index (κ2) is 13.8. The number of hydrogen-bond acceptors (Lipinski definition) is 4. The molecule has 0 unspecified atom stereocenters. The van der Waals surface area contributed by atoms with E-state index in [4.69, 9.17) is 28.3 Å². The Labute approximate surface area is 189 Å². The van der Waals surface area contributed by atoms with E-state index < -0.39 is 5.97 Å². The minimum Gasteiger partial charge on any atom is -0.481 e. The fraction of sp³-hybridized carbons (Fsp3) is 0.727. The van der Waals surface area contributed by atoms with E-state index >= 15 is 0 Å². The van der Waals surface area contributed by atoms with Gasteiger partial charge in [0.25, 0.3) is 0 Å². The molecule has 8 heteroatoms. The number of rotatable bonds is 16. The van der Waals surface area contributed by atoms with Gasteiger partial charge >= 0.3 is 5.97 Å². The van der Waals surface area contributed by atoms with Crippen LogP contribution in [0.25, 0.3) is 11.2 Å². The second-order valence-corrected chi connectivity index (χ2v) is 8.70. The summed E-state index contributed by atoms with van der Waals surface area (Å²) in [7, 11) is 0. The number of carboxylic acid groups (broad SMARTS) is 1. The molecule has 0 radical (unpaired) electrons. The predicted molar refractivity (Wildman–Crippen MR) is 122 cm³/mol. The fourth-order valence-electron chi connectivity index (χ4n) is 3.84. The van der Waals surface area contributed by atoms with Gasteiger partial charge in [-0.3, -0.25) is 4.79 Å². The first-order chi connectivity index (χ1) is 14.5. The van der Waals surface area contributed by atoms with Crippen LogP contribution in [-0.2, 0) is 11.3 Å². The van der Waals surface area contributed by atoms with Gasteiger partial charge in [-0.15, -0.1) is 0 Å². The molecular weight excluding hydrogens is 423 g/mol. The Balaban J connectivity index is 1.47. The third-order valence-corrected chi connectivity index (χ3v) is 5.93. The number of halogens is 2. The second-order valence-electron chi connectivity index (χ2n) is 8.01. The van der Waals surface area contributed by atoms with Gasteiger partial charge in [0.05, 0.1) is 0 Å². The first kappa shape index (κ1) is 24.9. The number of hydrogen-bond donors (Lipinski definition) is 1. The van der Waals surface area contributed by atoms with E-state index in [9.17, 15) is 4.79 Å². The minimum absolute atomic E-state index is 0.132. The Hall–Kier alpha value is -1.40. The average Bonchev–Trinajstić information content (AvgIpc) is 2.99. The molecule has 1 N–H and O–H groups in total. The van der Waals surface area contributed by atoms with Crippen molar-refractivity contribution in [1.29, 1.82) is 0 Å². The van der Waals surface area contributed by atoms with Gasteiger partial charge in [-0.1, -0.05) is 82.2 Å². The van der Waals surface area contributed by atoms with Crippen LogP contribution in [0.5, 0.6) is 0 Å². The van der Waals surface area contributed by atoms with E-state index in [0.29, 0.717) is 17.2 Å². The largest absolute Gasteiger partial charge is 0.481 e. The van der Waals surface area contributed by atoms with Crippen molar-refractivity contribution in [1.82, 2.24) is 19.5 Å². The van der Waals surface area contributed by atoms with Crippen molar-refractivity contribution >= 4 is 40.3 Å². The Kier molecular flexibility index (Phi) is 11.4. The number of aryl methyl sites for hydroxylation is 2. The molecule has 0 aromatic carbocycles. The zero-order valence-electron chi connectivity index (χ0n) is 18.0. The minimum atomic E-state index is -0.676. The summed E-state index contributed by atoms with van der Waals surface area (Å²) in [5, 5.41) is 9.10. The van der Waals surface area contributed by atoms with Crippen LogP contribution in [0.1, 0.15) is 95.7 Å². The molecule has 0 aliphatic rings. The Morgan fingerprint density at radius 2 is 1.30 bits per heavy atom. The van der Waals surface area contributed by atoms with Crippen LogP contribution in [0, 0.1) is 6.92 Å². The predicted octanol–water partition coefficient (Wildman–Crippen LogP) is 6.99. The molecule has 0 saturated heterocycles. The van der Waals surface area contributed by atoms with Crippen LogP contribution in [0.3, 0.4) is 0 Å². The molecule has 168 valence electrons. The smallest absolute Gasteiger partial charge is 0.303 e. The van der Waals surface area contributed by atoms with Gasteiger partial charge in [0.15, 0.2) is 10.8 Å². The zero-order valence-corrected chi connectivity index (χ0v) is 19.5. The molecule has 2 rings (SSSR count). The number of aliphatic carboxylic acids is 1. The average molecular weight is 457 g/mol. The van der Waals surface area contributed by atoms with Crippen molar-refractivity contribution in [2.75, 3.05) is 0 Å². The summed E-state index contributed by atoms with van der Waals surface area (Å²) in [6.45, 7) is 2.83. The molecule has 0 atom stereocenters. The van der Waals surface area contributed by atoms with Gasteiger partial charge in [0.2, 0.25) is 5.28 Å². The van der Waals surface area contributed by atoms with Crippen molar-refractivity contribution in [3.05, 3.63) is 16.3 Å². The molecular formula is C22H34Cl2N4O2. The van der Waals surface area contributed by atoms with Crippen LogP contribution < -0.4 is 0 Å². The first-order valence-corrected chi connectivity index (χ1v) is 12.0. The van der Waals surface area contributed by atoms with Gasteiger partial charge < -0.3 is 9.67 Å². The standard InChI is InChI=1S/C22H34Cl2N4O2/c1-17-25-21-19(20(23)26-22(24)27-21)28(17)16-14-12-10-8-6-4-2-3-5-7-9-11-13-15-18(29)30/h2-16H2,1H3,(H,29,30). The fourth-order valence-corrected chi connectivity index (χ4v) is 4.32. The molecule has 2 aromatic rings. The Morgan fingerprint density at radius 3 is 1.83 bits per heavy atom. The maximum Gasteiger partial charge on any atom is 0.303 e. The summed E-state index contributed by atoms with van der Waals surface area (Å²) < 4.78 is 2.09. The van der Waals surface area contributed by atoms with Crippen molar-refractivity contribution in [2.45, 2.75) is 103 Å². The van der Waals surface area contributed by atoms with Crippen LogP contribution in [0.4, 0.5) is 0 Å². The maximum absolute atomic E-state index is 10.4.